The second-order valence-corrected chi connectivity index (χ2v) is 5.95. The van der Waals surface area contributed by atoms with E-state index >= 15 is 0 Å². The minimum absolute atomic E-state index is 0.0410. The summed E-state index contributed by atoms with van der Waals surface area (Å²) in [5.74, 6) is -0.659. The predicted octanol–water partition coefficient (Wildman–Crippen LogP) is -0.598. The van der Waals surface area contributed by atoms with E-state index in [-0.39, 0.29) is 10.6 Å². The average molecular weight is 288 g/mol. The zero-order valence-corrected chi connectivity index (χ0v) is 12.0. The van der Waals surface area contributed by atoms with Gasteiger partial charge < -0.3 is 15.6 Å². The van der Waals surface area contributed by atoms with Gasteiger partial charge in [0, 0.05) is 26.3 Å². The van der Waals surface area contributed by atoms with Gasteiger partial charge in [0.25, 0.3) is 5.91 Å². The third kappa shape index (κ3) is 4.34. The number of hydrogen-bond donors (Lipinski definition) is 3. The number of nitrogens with one attached hydrogen (secondary N) is 2. The van der Waals surface area contributed by atoms with Gasteiger partial charge in [-0.3, -0.25) is 4.79 Å². The highest BCUT2D eigenvalue weighted by molar-refractivity contribution is 7.89. The zero-order chi connectivity index (χ0) is 14.5. The van der Waals surface area contributed by atoms with Crippen LogP contribution in [0.2, 0.25) is 0 Å². The minimum Gasteiger partial charge on any atom is -0.364 e. The Bertz CT molecular complexity index is 536. The summed E-state index contributed by atoms with van der Waals surface area (Å²) in [4.78, 5) is 11.1. The molecule has 4 N–H and O–H groups in total. The number of carbonyl (C=O) groups excluding carboxylic acids is 1. The molecule has 0 aliphatic carbocycles. The Morgan fingerprint density at radius 2 is 2.05 bits per heavy atom. The van der Waals surface area contributed by atoms with Gasteiger partial charge in [0.1, 0.15) is 10.6 Å². The van der Waals surface area contributed by atoms with Gasteiger partial charge in [-0.2, -0.15) is 0 Å². The monoisotopic (exact) mass is 288 g/mol. The summed E-state index contributed by atoms with van der Waals surface area (Å²) in [6, 6.07) is 1.27. The Kier molecular flexibility index (Phi) is 5.52. The quantitative estimate of drug-likeness (QED) is 0.555. The van der Waals surface area contributed by atoms with Crippen LogP contribution in [-0.4, -0.2) is 38.5 Å². The number of aryl methyl sites for hydroxylation is 1. The van der Waals surface area contributed by atoms with Crippen molar-refractivity contribution < 1.29 is 13.2 Å². The predicted molar refractivity (Wildman–Crippen MR) is 72.3 cm³/mol. The van der Waals surface area contributed by atoms with Crippen LogP contribution in [0.5, 0.6) is 0 Å². The summed E-state index contributed by atoms with van der Waals surface area (Å²) in [6.07, 6.45) is 2.36. The molecule has 19 heavy (non-hydrogen) atoms. The van der Waals surface area contributed by atoms with E-state index in [1.54, 1.807) is 7.05 Å². The number of hydrogen-bond acceptors (Lipinski definition) is 4. The van der Waals surface area contributed by atoms with Crippen LogP contribution in [0, 0.1) is 0 Å². The van der Waals surface area contributed by atoms with Crippen molar-refractivity contribution in [3.05, 3.63) is 18.0 Å². The summed E-state index contributed by atoms with van der Waals surface area (Å²) >= 11 is 0. The molecule has 1 aromatic heterocycles. The fraction of sp³-hybridized carbons (Fsp3) is 0.545. The molecule has 0 saturated heterocycles. The third-order valence-corrected chi connectivity index (χ3v) is 3.99. The maximum atomic E-state index is 11.9. The molecule has 7 nitrogen and oxygen atoms in total. The van der Waals surface area contributed by atoms with E-state index in [1.807, 2.05) is 6.92 Å². The number of sulfonamides is 1. The normalized spacial score (nSPS) is 11.7. The van der Waals surface area contributed by atoms with Crippen molar-refractivity contribution in [3.63, 3.8) is 0 Å². The summed E-state index contributed by atoms with van der Waals surface area (Å²) in [6.45, 7) is 3.73. The SMILES string of the molecule is CCCNCCNS(=O)(=O)c1cc(C(N)=O)n(C)c1. The first-order chi connectivity index (χ1) is 8.88. The van der Waals surface area contributed by atoms with Crippen molar-refractivity contribution in [3.8, 4) is 0 Å². The molecule has 0 radical (unpaired) electrons. The first-order valence-corrected chi connectivity index (χ1v) is 7.53. The molecule has 0 spiro atoms. The van der Waals surface area contributed by atoms with Crippen LogP contribution in [0.4, 0.5) is 0 Å². The third-order valence-electron chi connectivity index (χ3n) is 2.56. The Labute approximate surface area is 113 Å². The molecule has 0 atom stereocenters. The lowest BCUT2D eigenvalue weighted by Crippen LogP contribution is -2.32. The lowest BCUT2D eigenvalue weighted by Gasteiger charge is -2.05. The van der Waals surface area contributed by atoms with Crippen LogP contribution in [0.3, 0.4) is 0 Å². The molecule has 1 heterocycles. The van der Waals surface area contributed by atoms with Crippen molar-refractivity contribution in [1.29, 1.82) is 0 Å². The van der Waals surface area contributed by atoms with Gasteiger partial charge in [0.15, 0.2) is 0 Å². The van der Waals surface area contributed by atoms with E-state index in [2.05, 4.69) is 10.0 Å². The summed E-state index contributed by atoms with van der Waals surface area (Å²) in [5, 5.41) is 3.09. The highest BCUT2D eigenvalue weighted by atomic mass is 32.2. The molecule has 1 amide bonds. The van der Waals surface area contributed by atoms with E-state index in [1.165, 1.54) is 16.8 Å². The van der Waals surface area contributed by atoms with Crippen LogP contribution in [0.15, 0.2) is 17.2 Å². The fourth-order valence-electron chi connectivity index (χ4n) is 1.59. The molecule has 0 aliphatic heterocycles. The Balaban J connectivity index is 2.67. The smallest absolute Gasteiger partial charge is 0.265 e. The number of amides is 1. The number of aromatic nitrogens is 1. The number of nitrogens with zero attached hydrogens (tertiary/aromatic N) is 1. The molecule has 0 unspecified atom stereocenters. The molecule has 0 aromatic carbocycles. The van der Waals surface area contributed by atoms with E-state index < -0.39 is 15.9 Å². The molecular weight excluding hydrogens is 268 g/mol. The molecule has 108 valence electrons. The molecule has 1 rings (SSSR count). The Morgan fingerprint density at radius 3 is 2.58 bits per heavy atom. The van der Waals surface area contributed by atoms with E-state index in [9.17, 15) is 13.2 Å². The molecule has 1 aromatic rings. The van der Waals surface area contributed by atoms with Gasteiger partial charge in [0.05, 0.1) is 0 Å². The van der Waals surface area contributed by atoms with Crippen LogP contribution in [0.1, 0.15) is 23.8 Å². The van der Waals surface area contributed by atoms with Crippen molar-refractivity contribution in [2.75, 3.05) is 19.6 Å². The summed E-state index contributed by atoms with van der Waals surface area (Å²) in [5.41, 5.74) is 5.30. The van der Waals surface area contributed by atoms with Crippen molar-refractivity contribution in [2.45, 2.75) is 18.2 Å². The number of rotatable bonds is 8. The van der Waals surface area contributed by atoms with E-state index in [4.69, 9.17) is 5.73 Å². The van der Waals surface area contributed by atoms with Gasteiger partial charge in [-0.25, -0.2) is 13.1 Å². The molecule has 0 saturated carbocycles. The van der Waals surface area contributed by atoms with Gasteiger partial charge >= 0.3 is 0 Å². The minimum atomic E-state index is -3.60. The fourth-order valence-corrected chi connectivity index (χ4v) is 2.69. The van der Waals surface area contributed by atoms with Crippen LogP contribution in [0.25, 0.3) is 0 Å². The van der Waals surface area contributed by atoms with Crippen molar-refractivity contribution >= 4 is 15.9 Å². The Morgan fingerprint density at radius 1 is 1.37 bits per heavy atom. The van der Waals surface area contributed by atoms with Crippen LogP contribution in [-0.2, 0) is 17.1 Å². The highest BCUT2D eigenvalue weighted by Gasteiger charge is 2.18. The molecule has 0 aliphatic rings. The largest absolute Gasteiger partial charge is 0.364 e. The van der Waals surface area contributed by atoms with Gasteiger partial charge in [0.2, 0.25) is 10.0 Å². The number of carbonyl (C=O) groups is 1. The lowest BCUT2D eigenvalue weighted by molar-refractivity contribution is 0.0992. The van der Waals surface area contributed by atoms with Gasteiger partial charge in [-0.05, 0) is 19.0 Å². The highest BCUT2D eigenvalue weighted by Crippen LogP contribution is 2.12. The molecule has 8 heteroatoms. The average Bonchev–Trinajstić information content (AvgIpc) is 2.72. The number of nitrogens with two attached hydrogens (primary N) is 1. The first kappa shape index (κ1) is 15.7. The summed E-state index contributed by atoms with van der Waals surface area (Å²) in [7, 11) is -2.03. The van der Waals surface area contributed by atoms with E-state index in [0.29, 0.717) is 13.1 Å². The molecule has 0 fully saturated rings. The molecule has 0 bridgehead atoms. The second kappa shape index (κ2) is 6.69. The van der Waals surface area contributed by atoms with Crippen LogP contribution >= 0.6 is 0 Å². The first-order valence-electron chi connectivity index (χ1n) is 6.05. The van der Waals surface area contributed by atoms with Crippen molar-refractivity contribution in [1.82, 2.24) is 14.6 Å². The standard InChI is InChI=1S/C11H20N4O3S/c1-3-4-13-5-6-14-19(17,18)9-7-10(11(12)16)15(2)8-9/h7-8,13-14H,3-6H2,1-2H3,(H2,12,16). The number of primary amides is 1. The lowest BCUT2D eigenvalue weighted by atomic mass is 10.4. The van der Waals surface area contributed by atoms with Gasteiger partial charge in [-0.15, -0.1) is 0 Å². The van der Waals surface area contributed by atoms with Crippen LogP contribution < -0.4 is 15.8 Å². The zero-order valence-electron chi connectivity index (χ0n) is 11.1. The maximum Gasteiger partial charge on any atom is 0.265 e. The second-order valence-electron chi connectivity index (χ2n) is 4.18. The topological polar surface area (TPSA) is 106 Å². The maximum absolute atomic E-state index is 11.9. The van der Waals surface area contributed by atoms with Crippen molar-refractivity contribution in [2.24, 2.45) is 12.8 Å². The summed E-state index contributed by atoms with van der Waals surface area (Å²) < 4.78 is 27.8. The Hall–Kier alpha value is -1.38. The van der Waals surface area contributed by atoms with Gasteiger partial charge in [-0.1, -0.05) is 6.92 Å². The molecular formula is C11H20N4O3S. The van der Waals surface area contributed by atoms with E-state index in [0.717, 1.165) is 13.0 Å².